The van der Waals surface area contributed by atoms with E-state index in [1.807, 2.05) is 42.2 Å². The van der Waals surface area contributed by atoms with Crippen LogP contribution in [0.5, 0.6) is 0 Å². The number of carbonyl (C=O) groups is 1. The third-order valence-electron chi connectivity index (χ3n) is 4.45. The second kappa shape index (κ2) is 7.04. The van der Waals surface area contributed by atoms with E-state index < -0.39 is 0 Å². The van der Waals surface area contributed by atoms with Crippen molar-refractivity contribution in [3.05, 3.63) is 45.8 Å². The zero-order valence-electron chi connectivity index (χ0n) is 13.2. The minimum absolute atomic E-state index is 0.141. The molecule has 0 saturated carbocycles. The molecule has 0 aliphatic carbocycles. The topological polar surface area (TPSA) is 46.3 Å². The molecule has 2 aromatic rings. The number of hydrogen-bond acceptors (Lipinski definition) is 3. The molecule has 1 aliphatic heterocycles. The average molecular weight is 349 g/mol. The van der Waals surface area contributed by atoms with Crippen molar-refractivity contribution in [2.75, 3.05) is 19.6 Å². The molecule has 3 nitrogen and oxygen atoms in total. The number of halogens is 1. The van der Waals surface area contributed by atoms with Gasteiger partial charge in [0.05, 0.1) is 4.88 Å². The van der Waals surface area contributed by atoms with Crippen LogP contribution >= 0.6 is 22.9 Å². The maximum absolute atomic E-state index is 12.7. The van der Waals surface area contributed by atoms with Gasteiger partial charge in [-0.25, -0.2) is 0 Å². The van der Waals surface area contributed by atoms with Crippen LogP contribution in [-0.4, -0.2) is 30.4 Å². The number of nitrogens with zero attached hydrogens (tertiary/aromatic N) is 1. The molecule has 1 aliphatic rings. The van der Waals surface area contributed by atoms with Crippen LogP contribution in [0, 0.1) is 12.8 Å². The van der Waals surface area contributed by atoms with Gasteiger partial charge in [0.25, 0.3) is 5.91 Å². The lowest BCUT2D eigenvalue weighted by Crippen LogP contribution is -2.39. The largest absolute Gasteiger partial charge is 0.338 e. The lowest BCUT2D eigenvalue weighted by atomic mass is 9.97. The van der Waals surface area contributed by atoms with Gasteiger partial charge >= 0.3 is 0 Å². The monoisotopic (exact) mass is 348 g/mol. The molecule has 23 heavy (non-hydrogen) atoms. The molecular weight excluding hydrogens is 328 g/mol. The predicted octanol–water partition coefficient (Wildman–Crippen LogP) is 4.19. The van der Waals surface area contributed by atoms with Gasteiger partial charge in [0, 0.05) is 23.0 Å². The van der Waals surface area contributed by atoms with Crippen LogP contribution in [0.4, 0.5) is 0 Å². The fourth-order valence-electron chi connectivity index (χ4n) is 3.03. The van der Waals surface area contributed by atoms with Gasteiger partial charge in [-0.3, -0.25) is 4.79 Å². The first-order chi connectivity index (χ1) is 11.1. The molecule has 0 spiro atoms. The molecule has 1 aromatic carbocycles. The maximum atomic E-state index is 12.7. The van der Waals surface area contributed by atoms with Crippen LogP contribution in [-0.2, 0) is 0 Å². The van der Waals surface area contributed by atoms with Gasteiger partial charge in [0.1, 0.15) is 0 Å². The number of carbonyl (C=O) groups excluding carboxylic acids is 1. The minimum Gasteiger partial charge on any atom is -0.338 e. The number of thiophene rings is 1. The Kier molecular flexibility index (Phi) is 5.05. The summed E-state index contributed by atoms with van der Waals surface area (Å²) in [4.78, 5) is 16.6. The normalized spacial score (nSPS) is 15.9. The summed E-state index contributed by atoms with van der Waals surface area (Å²) in [6.07, 6.45) is 2.02. The van der Waals surface area contributed by atoms with Crippen molar-refractivity contribution in [2.24, 2.45) is 11.7 Å². The van der Waals surface area contributed by atoms with E-state index in [1.54, 1.807) is 11.3 Å². The van der Waals surface area contributed by atoms with Crippen LogP contribution < -0.4 is 5.73 Å². The first-order valence-electron chi connectivity index (χ1n) is 7.94. The highest BCUT2D eigenvalue weighted by Crippen LogP contribution is 2.34. The predicted molar refractivity (Wildman–Crippen MR) is 97.2 cm³/mol. The molecule has 0 radical (unpaired) electrons. The number of nitrogens with two attached hydrogens (primary N) is 1. The number of benzene rings is 1. The van der Waals surface area contributed by atoms with E-state index in [9.17, 15) is 4.79 Å². The van der Waals surface area contributed by atoms with Crippen molar-refractivity contribution in [1.29, 1.82) is 0 Å². The summed E-state index contributed by atoms with van der Waals surface area (Å²) in [6, 6.07) is 9.78. The number of aryl methyl sites for hydroxylation is 1. The lowest BCUT2D eigenvalue weighted by molar-refractivity contribution is 0.0698. The van der Waals surface area contributed by atoms with E-state index in [-0.39, 0.29) is 5.91 Å². The number of hydrogen-bond donors (Lipinski definition) is 1. The number of rotatable bonds is 3. The molecule has 1 fully saturated rings. The summed E-state index contributed by atoms with van der Waals surface area (Å²) >= 11 is 7.64. The number of amides is 1. The second-order valence-electron chi connectivity index (χ2n) is 6.10. The summed E-state index contributed by atoms with van der Waals surface area (Å²) < 4.78 is 0. The van der Waals surface area contributed by atoms with E-state index in [4.69, 9.17) is 17.3 Å². The molecule has 2 heterocycles. The van der Waals surface area contributed by atoms with Crippen molar-refractivity contribution < 1.29 is 4.79 Å². The van der Waals surface area contributed by atoms with Gasteiger partial charge in [0.2, 0.25) is 0 Å². The van der Waals surface area contributed by atoms with Gasteiger partial charge < -0.3 is 10.6 Å². The minimum atomic E-state index is 0.141. The molecule has 122 valence electrons. The molecule has 5 heteroatoms. The highest BCUT2D eigenvalue weighted by molar-refractivity contribution is 7.17. The third kappa shape index (κ3) is 3.60. The highest BCUT2D eigenvalue weighted by Gasteiger charge is 2.24. The fourth-order valence-corrected chi connectivity index (χ4v) is 4.36. The smallest absolute Gasteiger partial charge is 0.263 e. The molecule has 2 N–H and O–H groups in total. The summed E-state index contributed by atoms with van der Waals surface area (Å²) in [5.41, 5.74) is 7.92. The number of likely N-dealkylation sites (tertiary alicyclic amines) is 1. The first kappa shape index (κ1) is 16.5. The quantitative estimate of drug-likeness (QED) is 0.904. The summed E-state index contributed by atoms with van der Waals surface area (Å²) in [6.45, 7) is 4.39. The van der Waals surface area contributed by atoms with Crippen molar-refractivity contribution in [3.8, 4) is 10.4 Å². The van der Waals surface area contributed by atoms with Gasteiger partial charge in [0.15, 0.2) is 0 Å². The Bertz CT molecular complexity index is 705. The van der Waals surface area contributed by atoms with Crippen molar-refractivity contribution in [1.82, 2.24) is 4.90 Å². The Morgan fingerprint density at radius 2 is 2.09 bits per heavy atom. The molecular formula is C18H21ClN2OS. The van der Waals surface area contributed by atoms with Gasteiger partial charge in [-0.1, -0.05) is 23.7 Å². The molecule has 1 amide bonds. The Balaban J connectivity index is 1.79. The zero-order valence-corrected chi connectivity index (χ0v) is 14.8. The molecule has 3 rings (SSSR count). The standard InChI is InChI=1S/C18H21ClN2OS/c1-12-9-16(18(22)21-7-5-13(11-20)6-8-21)23-17(12)14-3-2-4-15(19)10-14/h2-4,9-10,13H,5-8,11,20H2,1H3. The Morgan fingerprint density at radius 3 is 2.74 bits per heavy atom. The Morgan fingerprint density at radius 1 is 1.35 bits per heavy atom. The van der Waals surface area contributed by atoms with Crippen LogP contribution in [0.2, 0.25) is 5.02 Å². The molecule has 1 aromatic heterocycles. The van der Waals surface area contributed by atoms with Crippen molar-refractivity contribution in [2.45, 2.75) is 19.8 Å². The van der Waals surface area contributed by atoms with Crippen molar-refractivity contribution in [3.63, 3.8) is 0 Å². The Hall–Kier alpha value is -1.36. The van der Waals surface area contributed by atoms with Crippen molar-refractivity contribution >= 4 is 28.8 Å². The molecule has 0 unspecified atom stereocenters. The average Bonchev–Trinajstić information content (AvgIpc) is 2.96. The lowest BCUT2D eigenvalue weighted by Gasteiger charge is -2.31. The number of piperidine rings is 1. The SMILES string of the molecule is Cc1cc(C(=O)N2CCC(CN)CC2)sc1-c1cccc(Cl)c1. The summed E-state index contributed by atoms with van der Waals surface area (Å²) in [5, 5.41) is 0.715. The van der Waals surface area contributed by atoms with Crippen LogP contribution in [0.15, 0.2) is 30.3 Å². The molecule has 0 atom stereocenters. The van der Waals surface area contributed by atoms with Gasteiger partial charge in [-0.15, -0.1) is 11.3 Å². The third-order valence-corrected chi connectivity index (χ3v) is 5.96. The van der Waals surface area contributed by atoms with E-state index in [2.05, 4.69) is 0 Å². The zero-order chi connectivity index (χ0) is 16.4. The summed E-state index contributed by atoms with van der Waals surface area (Å²) in [7, 11) is 0. The molecule has 0 bridgehead atoms. The van der Waals surface area contributed by atoms with Gasteiger partial charge in [-0.2, -0.15) is 0 Å². The second-order valence-corrected chi connectivity index (χ2v) is 7.59. The van der Waals surface area contributed by atoms with E-state index in [0.717, 1.165) is 53.4 Å². The van der Waals surface area contributed by atoms with E-state index in [1.165, 1.54) is 0 Å². The van der Waals surface area contributed by atoms with Crippen LogP contribution in [0.25, 0.3) is 10.4 Å². The van der Waals surface area contributed by atoms with Crippen LogP contribution in [0.1, 0.15) is 28.1 Å². The molecule has 1 saturated heterocycles. The Labute approximate surface area is 146 Å². The fraction of sp³-hybridized carbons (Fsp3) is 0.389. The van der Waals surface area contributed by atoms with E-state index in [0.29, 0.717) is 10.9 Å². The van der Waals surface area contributed by atoms with Crippen LogP contribution in [0.3, 0.4) is 0 Å². The summed E-state index contributed by atoms with van der Waals surface area (Å²) in [5.74, 6) is 0.702. The first-order valence-corrected chi connectivity index (χ1v) is 9.13. The van der Waals surface area contributed by atoms with E-state index >= 15 is 0 Å². The highest BCUT2D eigenvalue weighted by atomic mass is 35.5. The maximum Gasteiger partial charge on any atom is 0.263 e. The van der Waals surface area contributed by atoms with Gasteiger partial charge in [-0.05, 0) is 61.6 Å².